The quantitative estimate of drug-likeness (QED) is 0.399. The predicted octanol–water partition coefficient (Wildman–Crippen LogP) is 4.70. The second-order valence-electron chi connectivity index (χ2n) is 5.21. The molecular weight excluding hydrogens is 305 g/mol. The van der Waals surface area contributed by atoms with Crippen molar-refractivity contribution in [2.75, 3.05) is 0 Å². The van der Waals surface area contributed by atoms with Gasteiger partial charge in [-0.1, -0.05) is 48.5 Å². The van der Waals surface area contributed by atoms with Gasteiger partial charge in [-0.05, 0) is 27.6 Å². The average molecular weight is 316 g/mol. The summed E-state index contributed by atoms with van der Waals surface area (Å²) >= 11 is 0. The number of Topliss-reactive ketones (excluding diaryl/α,β-unsaturated/α-hetero) is 2. The Kier molecular flexibility index (Phi) is 3.64. The van der Waals surface area contributed by atoms with Crippen LogP contribution in [0.5, 0.6) is 0 Å². The topological polar surface area (TPSA) is 34.1 Å². The fourth-order valence-electron chi connectivity index (χ4n) is 2.63. The Hall–Kier alpha value is -2.69. The van der Waals surface area contributed by atoms with Gasteiger partial charge in [0.25, 0.3) is 0 Å². The van der Waals surface area contributed by atoms with E-state index in [0.717, 1.165) is 16.2 Å². The molecule has 0 spiro atoms. The maximum absolute atomic E-state index is 12.4. The molecule has 5 heteroatoms. The molecule has 0 unspecified atom stereocenters. The molecule has 3 aromatic carbocycles. The molecule has 3 aromatic rings. The van der Waals surface area contributed by atoms with Crippen LogP contribution in [0.3, 0.4) is 0 Å². The third-order valence-corrected chi connectivity index (χ3v) is 3.71. The Morgan fingerprint density at radius 1 is 0.826 bits per heavy atom. The Balaban J connectivity index is 2.16. The summed E-state index contributed by atoms with van der Waals surface area (Å²) in [5.41, 5.74) is 0.136. The van der Waals surface area contributed by atoms with E-state index in [1.807, 2.05) is 12.1 Å². The minimum atomic E-state index is -5.00. The van der Waals surface area contributed by atoms with Crippen molar-refractivity contribution in [1.29, 1.82) is 0 Å². The van der Waals surface area contributed by atoms with E-state index in [1.165, 1.54) is 0 Å². The maximum atomic E-state index is 12.4. The van der Waals surface area contributed by atoms with Gasteiger partial charge in [-0.25, -0.2) is 0 Å². The number of ketones is 2. The summed E-state index contributed by atoms with van der Waals surface area (Å²) < 4.78 is 37.2. The van der Waals surface area contributed by atoms with Crippen molar-refractivity contribution in [3.05, 3.63) is 60.2 Å². The molecule has 0 fully saturated rings. The monoisotopic (exact) mass is 316 g/mol. The van der Waals surface area contributed by atoms with Gasteiger partial charge < -0.3 is 0 Å². The van der Waals surface area contributed by atoms with Crippen LogP contribution in [0, 0.1) is 0 Å². The summed E-state index contributed by atoms with van der Waals surface area (Å²) in [6.07, 6.45) is -6.17. The van der Waals surface area contributed by atoms with E-state index in [0.29, 0.717) is 5.39 Å². The number of hydrogen-bond acceptors (Lipinski definition) is 2. The van der Waals surface area contributed by atoms with Gasteiger partial charge in [0, 0.05) is 5.56 Å². The van der Waals surface area contributed by atoms with Crippen molar-refractivity contribution in [1.82, 2.24) is 0 Å². The molecule has 0 radical (unpaired) electrons. The largest absolute Gasteiger partial charge is 0.450 e. The molecule has 0 aliphatic rings. The predicted molar refractivity (Wildman–Crippen MR) is 81.5 cm³/mol. The fraction of sp³-hybridized carbons (Fsp3) is 0.111. The van der Waals surface area contributed by atoms with Crippen LogP contribution in [0.2, 0.25) is 0 Å². The first-order valence-corrected chi connectivity index (χ1v) is 6.91. The minimum Gasteiger partial charge on any atom is -0.294 e. The van der Waals surface area contributed by atoms with E-state index in [2.05, 4.69) is 0 Å². The second-order valence-corrected chi connectivity index (χ2v) is 5.21. The molecule has 0 aromatic heterocycles. The molecule has 0 aliphatic heterocycles. The summed E-state index contributed by atoms with van der Waals surface area (Å²) in [5, 5.41) is 2.97. The zero-order chi connectivity index (χ0) is 16.6. The van der Waals surface area contributed by atoms with E-state index in [9.17, 15) is 22.8 Å². The van der Waals surface area contributed by atoms with Crippen molar-refractivity contribution in [2.45, 2.75) is 12.6 Å². The first-order valence-electron chi connectivity index (χ1n) is 6.91. The smallest absolute Gasteiger partial charge is 0.294 e. The number of fused-ring (bicyclic) bond motifs is 3. The third kappa shape index (κ3) is 2.82. The molecule has 116 valence electrons. The van der Waals surface area contributed by atoms with Gasteiger partial charge in [-0.2, -0.15) is 13.2 Å². The van der Waals surface area contributed by atoms with Gasteiger partial charge in [-0.3, -0.25) is 9.59 Å². The highest BCUT2D eigenvalue weighted by Crippen LogP contribution is 2.30. The number of rotatable bonds is 3. The lowest BCUT2D eigenvalue weighted by atomic mass is 9.93. The highest BCUT2D eigenvalue weighted by atomic mass is 19.4. The molecular formula is C18H11F3O2. The normalized spacial score (nSPS) is 11.8. The summed E-state index contributed by atoms with van der Waals surface area (Å²) in [6.45, 7) is 0. The zero-order valence-corrected chi connectivity index (χ0v) is 11.9. The van der Waals surface area contributed by atoms with Crippen LogP contribution >= 0.6 is 0 Å². The van der Waals surface area contributed by atoms with Crippen molar-refractivity contribution in [2.24, 2.45) is 0 Å². The van der Waals surface area contributed by atoms with Crippen LogP contribution in [0.15, 0.2) is 54.6 Å². The molecule has 3 rings (SSSR count). The number of carbonyl (C=O) groups is 2. The molecule has 0 bridgehead atoms. The third-order valence-electron chi connectivity index (χ3n) is 3.71. The summed E-state index contributed by atoms with van der Waals surface area (Å²) in [5.74, 6) is -2.85. The number of halogens is 3. The number of hydrogen-bond donors (Lipinski definition) is 0. The lowest BCUT2D eigenvalue weighted by Gasteiger charge is -2.10. The van der Waals surface area contributed by atoms with Crippen LogP contribution in [0.25, 0.3) is 21.5 Å². The molecule has 2 nitrogen and oxygen atoms in total. The van der Waals surface area contributed by atoms with E-state index in [4.69, 9.17) is 0 Å². The SMILES string of the molecule is O=C(CC(=O)C(F)(F)F)c1cc2ccccc2c2ccccc12. The highest BCUT2D eigenvalue weighted by Gasteiger charge is 2.39. The highest BCUT2D eigenvalue weighted by molar-refractivity contribution is 6.20. The van der Waals surface area contributed by atoms with Crippen LogP contribution < -0.4 is 0 Å². The van der Waals surface area contributed by atoms with E-state index in [1.54, 1.807) is 42.5 Å². The molecule has 0 saturated heterocycles. The van der Waals surface area contributed by atoms with Crippen molar-refractivity contribution >= 4 is 33.1 Å². The molecule has 0 saturated carbocycles. The van der Waals surface area contributed by atoms with Gasteiger partial charge >= 0.3 is 6.18 Å². The Morgan fingerprint density at radius 3 is 2.04 bits per heavy atom. The van der Waals surface area contributed by atoms with Gasteiger partial charge in [0.2, 0.25) is 5.78 Å². The average Bonchev–Trinajstić information content (AvgIpc) is 2.53. The van der Waals surface area contributed by atoms with Crippen LogP contribution in [0.4, 0.5) is 13.2 Å². The fourth-order valence-corrected chi connectivity index (χ4v) is 2.63. The molecule has 23 heavy (non-hydrogen) atoms. The molecule has 0 atom stereocenters. The molecule has 0 aliphatic carbocycles. The number of alkyl halides is 3. The van der Waals surface area contributed by atoms with Crippen molar-refractivity contribution in [3.8, 4) is 0 Å². The van der Waals surface area contributed by atoms with Gasteiger partial charge in [0.1, 0.15) is 0 Å². The van der Waals surface area contributed by atoms with Crippen LogP contribution in [0.1, 0.15) is 16.8 Å². The van der Waals surface area contributed by atoms with E-state index < -0.39 is 24.2 Å². The van der Waals surface area contributed by atoms with E-state index >= 15 is 0 Å². The van der Waals surface area contributed by atoms with Crippen molar-refractivity contribution < 1.29 is 22.8 Å². The Morgan fingerprint density at radius 2 is 1.39 bits per heavy atom. The molecule has 0 heterocycles. The van der Waals surface area contributed by atoms with Crippen LogP contribution in [-0.2, 0) is 4.79 Å². The minimum absolute atomic E-state index is 0.136. The van der Waals surface area contributed by atoms with Gasteiger partial charge in [0.05, 0.1) is 6.42 Å². The standard InChI is InChI=1S/C18H11F3O2/c19-18(20,21)17(23)10-16(22)15-9-11-5-1-2-6-12(11)13-7-3-4-8-14(13)15/h1-9H,10H2. The summed E-state index contributed by atoms with van der Waals surface area (Å²) in [6, 6.07) is 15.8. The Labute approximate surface area is 129 Å². The van der Waals surface area contributed by atoms with Gasteiger partial charge in [-0.15, -0.1) is 0 Å². The molecule has 0 amide bonds. The van der Waals surface area contributed by atoms with Crippen LogP contribution in [-0.4, -0.2) is 17.7 Å². The summed E-state index contributed by atoms with van der Waals surface area (Å²) in [4.78, 5) is 23.3. The lowest BCUT2D eigenvalue weighted by Crippen LogP contribution is -2.25. The maximum Gasteiger partial charge on any atom is 0.450 e. The first kappa shape index (κ1) is 15.2. The lowest BCUT2D eigenvalue weighted by molar-refractivity contribution is -0.170. The van der Waals surface area contributed by atoms with E-state index in [-0.39, 0.29) is 5.56 Å². The van der Waals surface area contributed by atoms with Crippen molar-refractivity contribution in [3.63, 3.8) is 0 Å². The number of carbonyl (C=O) groups excluding carboxylic acids is 2. The molecule has 0 N–H and O–H groups in total. The van der Waals surface area contributed by atoms with Gasteiger partial charge in [0.15, 0.2) is 5.78 Å². The second kappa shape index (κ2) is 5.50. The first-order chi connectivity index (χ1) is 10.9. The summed E-state index contributed by atoms with van der Waals surface area (Å²) in [7, 11) is 0. The Bertz CT molecular complexity index is 926. The zero-order valence-electron chi connectivity index (χ0n) is 11.9. The number of benzene rings is 3.